The summed E-state index contributed by atoms with van der Waals surface area (Å²) >= 11 is 0. The molecule has 2 rings (SSSR count). The van der Waals surface area contributed by atoms with Gasteiger partial charge < -0.3 is 9.90 Å². The Balaban J connectivity index is 2.34. The molecule has 0 unspecified atom stereocenters. The number of rotatable bonds is 1. The van der Waals surface area contributed by atoms with Crippen LogP contribution in [0.2, 0.25) is 0 Å². The minimum absolute atomic E-state index is 0.186. The molecule has 2 fully saturated rings. The van der Waals surface area contributed by atoms with E-state index in [1.807, 2.05) is 0 Å². The summed E-state index contributed by atoms with van der Waals surface area (Å²) in [7, 11) is 0. The number of carboxylic acids is 1. The van der Waals surface area contributed by atoms with Gasteiger partial charge in [0, 0.05) is 11.9 Å². The lowest BCUT2D eigenvalue weighted by atomic mass is 9.71. The molecule has 2 saturated carbocycles. The zero-order valence-corrected chi connectivity index (χ0v) is 8.59. The van der Waals surface area contributed by atoms with Crippen LogP contribution in [0.15, 0.2) is 0 Å². The van der Waals surface area contributed by atoms with Crippen LogP contribution >= 0.6 is 0 Å². The standard InChI is InChI=1S/C11H18O2/c1-10(2)8-4-5-11(10,3)6-7(8)9(12)13/h7-8H,4-6H2,1-3H3,(H,12,13)/p-1/t7-,8+,11-/m0/s1. The largest absolute Gasteiger partial charge is 0.550 e. The first-order valence-electron chi connectivity index (χ1n) is 5.09. The van der Waals surface area contributed by atoms with Crippen LogP contribution in [0, 0.1) is 22.7 Å². The minimum Gasteiger partial charge on any atom is -0.550 e. The number of aliphatic carboxylic acids is 1. The lowest BCUT2D eigenvalue weighted by Crippen LogP contribution is -2.35. The molecule has 0 N–H and O–H groups in total. The third-order valence-electron chi connectivity index (χ3n) is 4.95. The summed E-state index contributed by atoms with van der Waals surface area (Å²) in [6.07, 6.45) is 3.09. The van der Waals surface area contributed by atoms with Crippen molar-refractivity contribution in [2.45, 2.75) is 40.0 Å². The second-order valence-corrected chi connectivity index (χ2v) is 5.56. The quantitative estimate of drug-likeness (QED) is 0.609. The Kier molecular flexibility index (Phi) is 1.59. The first-order chi connectivity index (χ1) is 5.88. The van der Waals surface area contributed by atoms with E-state index >= 15 is 0 Å². The molecule has 2 heteroatoms. The molecular formula is C11H17O2-. The van der Waals surface area contributed by atoms with E-state index in [1.165, 1.54) is 6.42 Å². The molecule has 3 atom stereocenters. The zero-order chi connectivity index (χ0) is 9.85. The highest BCUT2D eigenvalue weighted by Crippen LogP contribution is 2.67. The van der Waals surface area contributed by atoms with Gasteiger partial charge in [-0.05, 0) is 36.0 Å². The maximum atomic E-state index is 10.9. The second-order valence-electron chi connectivity index (χ2n) is 5.56. The SMILES string of the molecule is CC1(C)[C@@H]2CC[C@@]1(C)C[C@@H]2C(=O)[O-]. The maximum absolute atomic E-state index is 10.9. The average molecular weight is 181 g/mol. The van der Waals surface area contributed by atoms with Crippen LogP contribution in [-0.4, -0.2) is 5.97 Å². The minimum atomic E-state index is -0.832. The topological polar surface area (TPSA) is 40.1 Å². The van der Waals surface area contributed by atoms with Gasteiger partial charge in [0.25, 0.3) is 0 Å². The van der Waals surface area contributed by atoms with Gasteiger partial charge in [0.2, 0.25) is 0 Å². The monoisotopic (exact) mass is 181 g/mol. The van der Waals surface area contributed by atoms with E-state index in [0.29, 0.717) is 5.92 Å². The average Bonchev–Trinajstić information content (AvgIpc) is 2.34. The van der Waals surface area contributed by atoms with Gasteiger partial charge in [0.1, 0.15) is 0 Å². The van der Waals surface area contributed by atoms with Crippen molar-refractivity contribution < 1.29 is 9.90 Å². The normalized spacial score (nSPS) is 46.7. The fourth-order valence-electron chi connectivity index (χ4n) is 3.55. The fraction of sp³-hybridized carbons (Fsp3) is 0.909. The lowest BCUT2D eigenvalue weighted by Gasteiger charge is -2.34. The zero-order valence-electron chi connectivity index (χ0n) is 8.59. The number of hydrogen-bond acceptors (Lipinski definition) is 2. The Labute approximate surface area is 79.3 Å². The predicted octanol–water partition coefficient (Wildman–Crippen LogP) is 1.20. The summed E-state index contributed by atoms with van der Waals surface area (Å²) in [5.74, 6) is -0.669. The molecule has 13 heavy (non-hydrogen) atoms. The summed E-state index contributed by atoms with van der Waals surface area (Å²) in [5, 5.41) is 10.9. The third-order valence-corrected chi connectivity index (χ3v) is 4.95. The molecule has 0 amide bonds. The van der Waals surface area contributed by atoms with Crippen molar-refractivity contribution in [2.24, 2.45) is 22.7 Å². The Morgan fingerprint density at radius 1 is 1.38 bits per heavy atom. The molecule has 0 heterocycles. The van der Waals surface area contributed by atoms with Gasteiger partial charge >= 0.3 is 0 Å². The van der Waals surface area contributed by atoms with Gasteiger partial charge in [-0.3, -0.25) is 0 Å². The Hall–Kier alpha value is -0.530. The van der Waals surface area contributed by atoms with Gasteiger partial charge in [-0.15, -0.1) is 0 Å². The summed E-state index contributed by atoms with van der Waals surface area (Å²) in [5.41, 5.74) is 0.431. The molecule has 0 radical (unpaired) electrons. The molecule has 0 aromatic rings. The number of fused-ring (bicyclic) bond motifs is 2. The Morgan fingerprint density at radius 2 is 2.00 bits per heavy atom. The van der Waals surface area contributed by atoms with E-state index in [1.54, 1.807) is 0 Å². The van der Waals surface area contributed by atoms with Gasteiger partial charge in [0.05, 0.1) is 0 Å². The van der Waals surface area contributed by atoms with Gasteiger partial charge in [-0.1, -0.05) is 20.8 Å². The number of carbonyl (C=O) groups is 1. The molecule has 0 aromatic carbocycles. The molecule has 0 aromatic heterocycles. The summed E-state index contributed by atoms with van der Waals surface area (Å²) in [6.45, 7) is 6.66. The number of hydrogen-bond donors (Lipinski definition) is 0. The van der Waals surface area contributed by atoms with Crippen LogP contribution in [0.3, 0.4) is 0 Å². The van der Waals surface area contributed by atoms with Crippen molar-refractivity contribution in [3.8, 4) is 0 Å². The first kappa shape index (κ1) is 9.04. The van der Waals surface area contributed by atoms with E-state index in [9.17, 15) is 9.90 Å². The molecule has 2 nitrogen and oxygen atoms in total. The van der Waals surface area contributed by atoms with Crippen molar-refractivity contribution in [2.75, 3.05) is 0 Å². The summed E-state index contributed by atoms with van der Waals surface area (Å²) in [6, 6.07) is 0. The summed E-state index contributed by atoms with van der Waals surface area (Å²) in [4.78, 5) is 10.9. The van der Waals surface area contributed by atoms with Gasteiger partial charge in [-0.2, -0.15) is 0 Å². The van der Waals surface area contributed by atoms with E-state index in [-0.39, 0.29) is 16.7 Å². The van der Waals surface area contributed by atoms with E-state index in [0.717, 1.165) is 12.8 Å². The highest BCUT2D eigenvalue weighted by Gasteiger charge is 2.60. The third kappa shape index (κ3) is 0.918. The smallest absolute Gasteiger partial charge is 0.0448 e. The highest BCUT2D eigenvalue weighted by atomic mass is 16.4. The van der Waals surface area contributed by atoms with Gasteiger partial charge in [-0.25, -0.2) is 0 Å². The van der Waals surface area contributed by atoms with Crippen LogP contribution in [0.4, 0.5) is 0 Å². The number of carbonyl (C=O) groups excluding carboxylic acids is 1. The van der Waals surface area contributed by atoms with Crippen LogP contribution in [0.1, 0.15) is 40.0 Å². The maximum Gasteiger partial charge on any atom is 0.0448 e. The fourth-order valence-corrected chi connectivity index (χ4v) is 3.55. The molecular weight excluding hydrogens is 164 g/mol. The van der Waals surface area contributed by atoms with E-state index in [4.69, 9.17) is 0 Å². The van der Waals surface area contributed by atoms with E-state index in [2.05, 4.69) is 20.8 Å². The molecule has 2 bridgehead atoms. The lowest BCUT2D eigenvalue weighted by molar-refractivity contribution is -0.313. The van der Waals surface area contributed by atoms with Crippen molar-refractivity contribution in [3.63, 3.8) is 0 Å². The molecule has 0 spiro atoms. The Morgan fingerprint density at radius 3 is 2.23 bits per heavy atom. The van der Waals surface area contributed by atoms with Crippen LogP contribution in [0.5, 0.6) is 0 Å². The van der Waals surface area contributed by atoms with E-state index < -0.39 is 5.97 Å². The molecule has 2 aliphatic carbocycles. The van der Waals surface area contributed by atoms with Gasteiger partial charge in [0.15, 0.2) is 0 Å². The van der Waals surface area contributed by atoms with Crippen LogP contribution in [0.25, 0.3) is 0 Å². The predicted molar refractivity (Wildman–Crippen MR) is 47.7 cm³/mol. The van der Waals surface area contributed by atoms with Crippen LogP contribution in [-0.2, 0) is 4.79 Å². The molecule has 74 valence electrons. The van der Waals surface area contributed by atoms with Crippen molar-refractivity contribution in [1.82, 2.24) is 0 Å². The summed E-state index contributed by atoms with van der Waals surface area (Å²) < 4.78 is 0. The number of carboxylic acid groups (broad SMARTS) is 1. The van der Waals surface area contributed by atoms with Crippen molar-refractivity contribution in [3.05, 3.63) is 0 Å². The van der Waals surface area contributed by atoms with Crippen LogP contribution < -0.4 is 5.11 Å². The Bertz CT molecular complexity index is 254. The highest BCUT2D eigenvalue weighted by molar-refractivity contribution is 5.69. The molecule has 0 aliphatic heterocycles. The molecule has 2 aliphatic rings. The first-order valence-corrected chi connectivity index (χ1v) is 5.09. The van der Waals surface area contributed by atoms with Crippen molar-refractivity contribution >= 4 is 5.97 Å². The second kappa shape index (κ2) is 2.28. The van der Waals surface area contributed by atoms with Crippen molar-refractivity contribution in [1.29, 1.82) is 0 Å². The molecule has 0 saturated heterocycles.